The summed E-state index contributed by atoms with van der Waals surface area (Å²) in [6.07, 6.45) is 0. The van der Waals surface area contributed by atoms with Crippen LogP contribution in [0.4, 0.5) is 4.79 Å². The van der Waals surface area contributed by atoms with Gasteiger partial charge < -0.3 is 5.32 Å². The van der Waals surface area contributed by atoms with Gasteiger partial charge in [0.1, 0.15) is 5.82 Å². The molecule has 0 aliphatic heterocycles. The van der Waals surface area contributed by atoms with Crippen molar-refractivity contribution >= 4 is 23.7 Å². The number of carbonyl (C=O) groups excluding carboxylic acids is 2. The summed E-state index contributed by atoms with van der Waals surface area (Å²) in [5.74, 6) is 0.361. The number of benzene rings is 1. The van der Waals surface area contributed by atoms with Crippen LogP contribution in [0.2, 0.25) is 0 Å². The molecule has 0 aliphatic carbocycles. The van der Waals surface area contributed by atoms with Gasteiger partial charge in [0, 0.05) is 12.2 Å². The summed E-state index contributed by atoms with van der Waals surface area (Å²) in [7, 11) is 0. The molecule has 1 atom stereocenters. The average molecular weight is 347 g/mol. The van der Waals surface area contributed by atoms with Crippen LogP contribution in [0.1, 0.15) is 25.2 Å². The Bertz CT molecular complexity index is 727. The molecule has 2 N–H and O–H groups in total. The molecule has 7 nitrogen and oxygen atoms in total. The van der Waals surface area contributed by atoms with Crippen molar-refractivity contribution in [2.24, 2.45) is 0 Å². The van der Waals surface area contributed by atoms with Crippen LogP contribution in [0.15, 0.2) is 29.4 Å². The molecule has 1 aromatic carbocycles. The third kappa shape index (κ3) is 4.35. The molecule has 2 aromatic rings. The number of nitrogens with zero attached hydrogens (tertiary/aromatic N) is 3. The van der Waals surface area contributed by atoms with E-state index in [0.29, 0.717) is 11.7 Å². The summed E-state index contributed by atoms with van der Waals surface area (Å²) in [4.78, 5) is 23.5. The first-order valence-electron chi connectivity index (χ1n) is 7.66. The van der Waals surface area contributed by atoms with Gasteiger partial charge in [-0.05, 0) is 39.8 Å². The monoisotopic (exact) mass is 347 g/mol. The third-order valence-electron chi connectivity index (χ3n) is 3.31. The molecule has 0 aliphatic rings. The molecule has 128 valence electrons. The number of thioether (sulfide) groups is 1. The zero-order valence-corrected chi connectivity index (χ0v) is 15.0. The predicted octanol–water partition coefficient (Wildman–Crippen LogP) is 2.21. The highest BCUT2D eigenvalue weighted by Gasteiger charge is 2.21. The van der Waals surface area contributed by atoms with E-state index >= 15 is 0 Å². The van der Waals surface area contributed by atoms with Gasteiger partial charge in [-0.3, -0.25) is 14.7 Å². The highest BCUT2D eigenvalue weighted by molar-refractivity contribution is 8.00. The first-order valence-corrected chi connectivity index (χ1v) is 8.54. The molecule has 8 heteroatoms. The molecule has 0 radical (unpaired) electrons. The minimum absolute atomic E-state index is 0.373. The Hall–Kier alpha value is -2.35. The summed E-state index contributed by atoms with van der Waals surface area (Å²) in [6.45, 7) is 7.85. The maximum atomic E-state index is 12.1. The Morgan fingerprint density at radius 1 is 1.21 bits per heavy atom. The highest BCUT2D eigenvalue weighted by Crippen LogP contribution is 2.25. The highest BCUT2D eigenvalue weighted by atomic mass is 32.2. The number of rotatable bonds is 5. The second-order valence-electron chi connectivity index (χ2n) is 5.31. The van der Waals surface area contributed by atoms with Crippen molar-refractivity contribution in [1.82, 2.24) is 25.4 Å². The van der Waals surface area contributed by atoms with Gasteiger partial charge in [0.15, 0.2) is 5.16 Å². The summed E-state index contributed by atoms with van der Waals surface area (Å²) >= 11 is 1.26. The van der Waals surface area contributed by atoms with Crippen molar-refractivity contribution in [3.63, 3.8) is 0 Å². The number of aryl methyl sites for hydroxylation is 2. The number of amides is 3. The molecule has 0 spiro atoms. The van der Waals surface area contributed by atoms with E-state index in [1.54, 1.807) is 13.8 Å². The molecule has 1 unspecified atom stereocenters. The standard InChI is InChI=1S/C16H21N5O2S/c1-5-17-15(23)18-14(22)11(3)24-16-20-19-12(4)21(16)13-8-6-10(2)7-9-13/h6-9,11H,5H2,1-4H3,(H2,17,18,22,23). The third-order valence-corrected chi connectivity index (χ3v) is 4.36. The maximum absolute atomic E-state index is 12.1. The number of carbonyl (C=O) groups is 2. The van der Waals surface area contributed by atoms with Crippen LogP contribution in [0, 0.1) is 13.8 Å². The quantitative estimate of drug-likeness (QED) is 0.810. The normalized spacial score (nSPS) is 11.8. The van der Waals surface area contributed by atoms with Gasteiger partial charge in [-0.15, -0.1) is 10.2 Å². The maximum Gasteiger partial charge on any atom is 0.321 e. The van der Waals surface area contributed by atoms with Crippen molar-refractivity contribution in [3.8, 4) is 5.69 Å². The zero-order valence-electron chi connectivity index (χ0n) is 14.2. The van der Waals surface area contributed by atoms with Crippen LogP contribution in [0.5, 0.6) is 0 Å². The number of urea groups is 1. The largest absolute Gasteiger partial charge is 0.338 e. The Labute approximate surface area is 145 Å². The van der Waals surface area contributed by atoms with Gasteiger partial charge in [0.25, 0.3) is 0 Å². The van der Waals surface area contributed by atoms with Gasteiger partial charge in [-0.1, -0.05) is 29.5 Å². The number of imide groups is 1. The van der Waals surface area contributed by atoms with Gasteiger partial charge in [-0.2, -0.15) is 0 Å². The minimum atomic E-state index is -0.494. The summed E-state index contributed by atoms with van der Waals surface area (Å²) in [5.41, 5.74) is 2.09. The van der Waals surface area contributed by atoms with E-state index in [1.807, 2.05) is 42.7 Å². The fourth-order valence-electron chi connectivity index (χ4n) is 2.04. The molecule has 2 rings (SSSR count). The van der Waals surface area contributed by atoms with E-state index in [9.17, 15) is 9.59 Å². The van der Waals surface area contributed by atoms with E-state index in [4.69, 9.17) is 0 Å². The van der Waals surface area contributed by atoms with Crippen molar-refractivity contribution in [1.29, 1.82) is 0 Å². The summed E-state index contributed by atoms with van der Waals surface area (Å²) in [6, 6.07) is 7.49. The zero-order chi connectivity index (χ0) is 17.7. The van der Waals surface area contributed by atoms with Crippen molar-refractivity contribution in [2.75, 3.05) is 6.54 Å². The molecular weight excluding hydrogens is 326 g/mol. The Morgan fingerprint density at radius 3 is 2.50 bits per heavy atom. The van der Waals surface area contributed by atoms with Crippen LogP contribution in [0.25, 0.3) is 5.69 Å². The van der Waals surface area contributed by atoms with E-state index in [0.717, 1.165) is 17.1 Å². The first kappa shape index (κ1) is 18.0. The molecule has 1 heterocycles. The predicted molar refractivity (Wildman–Crippen MR) is 93.4 cm³/mol. The van der Waals surface area contributed by atoms with E-state index in [2.05, 4.69) is 20.8 Å². The van der Waals surface area contributed by atoms with Gasteiger partial charge in [0.2, 0.25) is 5.91 Å². The van der Waals surface area contributed by atoms with Gasteiger partial charge in [0.05, 0.1) is 5.25 Å². The number of nitrogens with one attached hydrogen (secondary N) is 2. The fourth-order valence-corrected chi connectivity index (χ4v) is 2.95. The minimum Gasteiger partial charge on any atom is -0.338 e. The molecule has 0 bridgehead atoms. The summed E-state index contributed by atoms with van der Waals surface area (Å²) < 4.78 is 1.89. The van der Waals surface area contributed by atoms with Crippen molar-refractivity contribution in [2.45, 2.75) is 38.1 Å². The molecule has 0 saturated carbocycles. The van der Waals surface area contributed by atoms with Gasteiger partial charge in [-0.25, -0.2) is 4.79 Å². The second-order valence-corrected chi connectivity index (χ2v) is 6.62. The van der Waals surface area contributed by atoms with Crippen molar-refractivity contribution < 1.29 is 9.59 Å². The second kappa shape index (κ2) is 7.96. The molecule has 3 amide bonds. The molecule has 0 saturated heterocycles. The van der Waals surface area contributed by atoms with E-state index in [-0.39, 0.29) is 5.91 Å². The fraction of sp³-hybridized carbons (Fsp3) is 0.375. The van der Waals surface area contributed by atoms with E-state index in [1.165, 1.54) is 11.8 Å². The van der Waals surface area contributed by atoms with Crippen molar-refractivity contribution in [3.05, 3.63) is 35.7 Å². The van der Waals surface area contributed by atoms with Crippen LogP contribution >= 0.6 is 11.8 Å². The average Bonchev–Trinajstić information content (AvgIpc) is 2.89. The number of hydrogen-bond donors (Lipinski definition) is 2. The van der Waals surface area contributed by atoms with Crippen LogP contribution in [0.3, 0.4) is 0 Å². The smallest absolute Gasteiger partial charge is 0.321 e. The van der Waals surface area contributed by atoms with Crippen LogP contribution in [-0.2, 0) is 4.79 Å². The lowest BCUT2D eigenvalue weighted by molar-refractivity contribution is -0.119. The number of aromatic nitrogens is 3. The van der Waals surface area contributed by atoms with Gasteiger partial charge >= 0.3 is 6.03 Å². The summed E-state index contributed by atoms with van der Waals surface area (Å²) in [5, 5.41) is 13.2. The lowest BCUT2D eigenvalue weighted by Crippen LogP contribution is -2.42. The Balaban J connectivity index is 2.14. The molecular formula is C16H21N5O2S. The first-order chi connectivity index (χ1) is 11.4. The van der Waals surface area contributed by atoms with Crippen LogP contribution < -0.4 is 10.6 Å². The number of hydrogen-bond acceptors (Lipinski definition) is 5. The Kier molecular flexibility index (Phi) is 5.97. The lowest BCUT2D eigenvalue weighted by atomic mass is 10.2. The molecule has 0 fully saturated rings. The Morgan fingerprint density at radius 2 is 1.88 bits per heavy atom. The van der Waals surface area contributed by atoms with Crippen LogP contribution in [-0.4, -0.2) is 38.5 Å². The lowest BCUT2D eigenvalue weighted by Gasteiger charge is -2.13. The molecule has 24 heavy (non-hydrogen) atoms. The SMILES string of the molecule is CCNC(=O)NC(=O)C(C)Sc1nnc(C)n1-c1ccc(C)cc1. The topological polar surface area (TPSA) is 88.9 Å². The van der Waals surface area contributed by atoms with E-state index < -0.39 is 11.3 Å². The molecule has 1 aromatic heterocycles.